The molecule has 1 aromatic heterocycles. The van der Waals surface area contributed by atoms with E-state index in [-0.39, 0.29) is 17.7 Å². The van der Waals surface area contributed by atoms with Crippen LogP contribution in [0.5, 0.6) is 0 Å². The van der Waals surface area contributed by atoms with Crippen molar-refractivity contribution in [2.24, 2.45) is 4.99 Å². The molecule has 0 radical (unpaired) electrons. The van der Waals surface area contributed by atoms with E-state index in [4.69, 9.17) is 16.3 Å². The molecule has 0 aliphatic carbocycles. The van der Waals surface area contributed by atoms with E-state index >= 15 is 0 Å². The molecule has 0 amide bonds. The standard InChI is InChI=1S/C14H18ClN5O3S/c1-7-20(10-4-8(22)9(5-21)23-10)13-11(24-7)12(15)17-14(18-13)16-6-19(2)3/h6,8-10,21-22H,1,4-5H2,2-3H3/t8-,9+,10+/m0/s1. The summed E-state index contributed by atoms with van der Waals surface area (Å²) < 4.78 is 5.71. The summed E-state index contributed by atoms with van der Waals surface area (Å²) in [5.74, 6) is 0.775. The number of aliphatic imine (C=N–C) groups is 1. The van der Waals surface area contributed by atoms with Crippen LogP contribution in [0.2, 0.25) is 5.15 Å². The summed E-state index contributed by atoms with van der Waals surface area (Å²) in [5.41, 5.74) is 0. The van der Waals surface area contributed by atoms with Crippen LogP contribution in [0, 0.1) is 0 Å². The monoisotopic (exact) mass is 371 g/mol. The van der Waals surface area contributed by atoms with Gasteiger partial charge in [-0.05, 0) is 0 Å². The van der Waals surface area contributed by atoms with Crippen LogP contribution in [0.15, 0.2) is 21.5 Å². The van der Waals surface area contributed by atoms with Gasteiger partial charge < -0.3 is 19.8 Å². The lowest BCUT2D eigenvalue weighted by atomic mass is 10.2. The maximum atomic E-state index is 9.97. The Kier molecular flexibility index (Phi) is 4.97. The van der Waals surface area contributed by atoms with Crippen LogP contribution in [0.1, 0.15) is 6.42 Å². The molecule has 2 aliphatic rings. The Bertz CT molecular complexity index is 687. The number of rotatable bonds is 4. The molecule has 0 unspecified atom stereocenters. The fourth-order valence-corrected chi connectivity index (χ4v) is 3.68. The number of nitrogens with zero attached hydrogens (tertiary/aromatic N) is 5. The zero-order chi connectivity index (χ0) is 17.4. The molecule has 0 spiro atoms. The molecule has 0 bridgehead atoms. The molecule has 1 aromatic rings. The van der Waals surface area contributed by atoms with Crippen LogP contribution in [0.4, 0.5) is 11.8 Å². The van der Waals surface area contributed by atoms with E-state index < -0.39 is 18.4 Å². The summed E-state index contributed by atoms with van der Waals surface area (Å²) in [6.45, 7) is 3.76. The molecule has 130 valence electrons. The smallest absolute Gasteiger partial charge is 0.254 e. The minimum atomic E-state index is -0.745. The van der Waals surface area contributed by atoms with E-state index in [0.29, 0.717) is 22.2 Å². The largest absolute Gasteiger partial charge is 0.394 e. The molecule has 1 saturated heterocycles. The van der Waals surface area contributed by atoms with Gasteiger partial charge in [0.15, 0.2) is 11.0 Å². The third kappa shape index (κ3) is 3.22. The summed E-state index contributed by atoms with van der Waals surface area (Å²) >= 11 is 7.60. The van der Waals surface area contributed by atoms with Crippen molar-refractivity contribution in [3.05, 3.63) is 16.8 Å². The lowest BCUT2D eigenvalue weighted by Crippen LogP contribution is -2.32. The second kappa shape index (κ2) is 6.85. The number of halogens is 1. The average Bonchev–Trinajstić information content (AvgIpc) is 3.04. The van der Waals surface area contributed by atoms with Crippen LogP contribution in [0.3, 0.4) is 0 Å². The van der Waals surface area contributed by atoms with Gasteiger partial charge in [0.05, 0.1) is 29.0 Å². The van der Waals surface area contributed by atoms with Gasteiger partial charge in [-0.15, -0.1) is 0 Å². The first-order valence-electron chi connectivity index (χ1n) is 7.29. The minimum absolute atomic E-state index is 0.227. The zero-order valence-corrected chi connectivity index (χ0v) is 14.8. The maximum absolute atomic E-state index is 9.97. The number of aliphatic hydroxyl groups is 2. The van der Waals surface area contributed by atoms with E-state index in [1.807, 2.05) is 14.1 Å². The number of hydrogen-bond donors (Lipinski definition) is 2. The highest BCUT2D eigenvalue weighted by atomic mass is 35.5. The van der Waals surface area contributed by atoms with E-state index in [0.717, 1.165) is 0 Å². The van der Waals surface area contributed by atoms with Gasteiger partial charge in [-0.25, -0.2) is 4.99 Å². The lowest BCUT2D eigenvalue weighted by molar-refractivity contribution is -0.0204. The molecule has 0 aromatic carbocycles. The Morgan fingerprint density at radius 2 is 2.29 bits per heavy atom. The van der Waals surface area contributed by atoms with Crippen molar-refractivity contribution in [1.29, 1.82) is 0 Å². The fraction of sp³-hybridized carbons (Fsp3) is 0.500. The van der Waals surface area contributed by atoms with Crippen LogP contribution < -0.4 is 4.90 Å². The van der Waals surface area contributed by atoms with Crippen LogP contribution >= 0.6 is 23.4 Å². The van der Waals surface area contributed by atoms with Crippen LogP contribution in [0.25, 0.3) is 0 Å². The number of hydrogen-bond acceptors (Lipinski definition) is 8. The molecule has 10 heteroatoms. The van der Waals surface area contributed by atoms with E-state index in [1.165, 1.54) is 11.8 Å². The van der Waals surface area contributed by atoms with E-state index in [2.05, 4.69) is 21.5 Å². The number of aromatic nitrogens is 2. The summed E-state index contributed by atoms with van der Waals surface area (Å²) in [5, 5.41) is 20.2. The predicted octanol–water partition coefficient (Wildman–Crippen LogP) is 1.20. The van der Waals surface area contributed by atoms with Crippen molar-refractivity contribution >= 4 is 41.5 Å². The first-order valence-corrected chi connectivity index (χ1v) is 8.48. The molecule has 0 saturated carbocycles. The highest BCUT2D eigenvalue weighted by Crippen LogP contribution is 2.50. The number of ether oxygens (including phenoxy) is 1. The van der Waals surface area contributed by atoms with E-state index in [9.17, 15) is 10.2 Å². The third-order valence-corrected chi connectivity index (χ3v) is 4.99. The van der Waals surface area contributed by atoms with Gasteiger partial charge in [0.2, 0.25) is 0 Å². The van der Waals surface area contributed by atoms with Crippen molar-refractivity contribution in [3.63, 3.8) is 0 Å². The number of thioether (sulfide) groups is 1. The Morgan fingerprint density at radius 1 is 1.54 bits per heavy atom. The Labute approximate surface area is 148 Å². The first kappa shape index (κ1) is 17.4. The number of anilines is 1. The molecule has 3 heterocycles. The molecule has 1 fully saturated rings. The van der Waals surface area contributed by atoms with Crippen molar-refractivity contribution in [1.82, 2.24) is 14.9 Å². The molecular weight excluding hydrogens is 354 g/mol. The van der Waals surface area contributed by atoms with Crippen LogP contribution in [-0.4, -0.2) is 70.6 Å². The molecular formula is C14H18ClN5O3S. The van der Waals surface area contributed by atoms with Gasteiger partial charge >= 0.3 is 0 Å². The lowest BCUT2D eigenvalue weighted by Gasteiger charge is -2.25. The minimum Gasteiger partial charge on any atom is -0.394 e. The fourth-order valence-electron chi connectivity index (χ4n) is 2.50. The Balaban J connectivity index is 1.94. The predicted molar refractivity (Wildman–Crippen MR) is 92.7 cm³/mol. The summed E-state index contributed by atoms with van der Waals surface area (Å²) in [7, 11) is 3.68. The van der Waals surface area contributed by atoms with Gasteiger partial charge in [-0.3, -0.25) is 4.90 Å². The first-order chi connectivity index (χ1) is 11.4. The number of aliphatic hydroxyl groups excluding tert-OH is 2. The van der Waals surface area contributed by atoms with Gasteiger partial charge in [0.1, 0.15) is 12.3 Å². The second-order valence-corrected chi connectivity index (χ2v) is 7.10. The quantitative estimate of drug-likeness (QED) is 0.463. The summed E-state index contributed by atoms with van der Waals surface area (Å²) in [6, 6.07) is 0. The Hall–Kier alpha value is -1.39. The highest BCUT2D eigenvalue weighted by Gasteiger charge is 2.42. The van der Waals surface area contributed by atoms with Gasteiger partial charge in [-0.2, -0.15) is 9.97 Å². The van der Waals surface area contributed by atoms with Crippen molar-refractivity contribution in [2.75, 3.05) is 25.6 Å². The van der Waals surface area contributed by atoms with Crippen molar-refractivity contribution in [2.45, 2.75) is 29.8 Å². The molecule has 3 atom stereocenters. The molecule has 3 rings (SSSR count). The van der Waals surface area contributed by atoms with Gasteiger partial charge in [0.25, 0.3) is 5.95 Å². The second-order valence-electron chi connectivity index (χ2n) is 5.66. The normalized spacial score (nSPS) is 26.5. The summed E-state index contributed by atoms with van der Waals surface area (Å²) in [6.07, 6.45) is 0.0693. The van der Waals surface area contributed by atoms with Crippen LogP contribution in [-0.2, 0) is 4.74 Å². The Morgan fingerprint density at radius 3 is 2.92 bits per heavy atom. The highest BCUT2D eigenvalue weighted by molar-refractivity contribution is 8.03. The van der Waals surface area contributed by atoms with Gasteiger partial charge in [0, 0.05) is 20.5 Å². The molecule has 2 N–H and O–H groups in total. The van der Waals surface area contributed by atoms with Gasteiger partial charge in [-0.1, -0.05) is 29.9 Å². The molecule has 8 nitrogen and oxygen atoms in total. The van der Waals surface area contributed by atoms with Crippen molar-refractivity contribution in [3.8, 4) is 0 Å². The van der Waals surface area contributed by atoms with E-state index in [1.54, 1.807) is 16.1 Å². The summed E-state index contributed by atoms with van der Waals surface area (Å²) in [4.78, 5) is 17.0. The van der Waals surface area contributed by atoms with Crippen molar-refractivity contribution < 1.29 is 14.9 Å². The SMILES string of the molecule is C=C1Sc2c(Cl)nc(N=CN(C)C)nc2N1[C@H]1C[C@H](O)[C@@H](CO)O1. The molecule has 24 heavy (non-hydrogen) atoms. The maximum Gasteiger partial charge on any atom is 0.254 e. The number of fused-ring (bicyclic) bond motifs is 1. The topological polar surface area (TPSA) is 94.3 Å². The average molecular weight is 372 g/mol. The zero-order valence-electron chi connectivity index (χ0n) is 13.3. The third-order valence-electron chi connectivity index (χ3n) is 3.59. The molecule has 2 aliphatic heterocycles.